The molecule has 2 rings (SSSR count). The third-order valence-corrected chi connectivity index (χ3v) is 4.83. The van der Waals surface area contributed by atoms with Crippen molar-refractivity contribution in [2.75, 3.05) is 13.6 Å². The highest BCUT2D eigenvalue weighted by Crippen LogP contribution is 2.22. The SMILES string of the molecule is Cc1ccccc1C(=O)NNC(=O)CN(C)C(=O)c1ccc(Br)s1. The number of amides is 3. The van der Waals surface area contributed by atoms with Gasteiger partial charge in [-0.05, 0) is 46.6 Å². The Balaban J connectivity index is 1.86. The number of rotatable bonds is 4. The zero-order valence-electron chi connectivity index (χ0n) is 13.1. The van der Waals surface area contributed by atoms with E-state index in [1.165, 1.54) is 23.3 Å². The number of halogens is 1. The highest BCUT2D eigenvalue weighted by atomic mass is 79.9. The van der Waals surface area contributed by atoms with Gasteiger partial charge in [-0.1, -0.05) is 18.2 Å². The molecule has 24 heavy (non-hydrogen) atoms. The van der Waals surface area contributed by atoms with Gasteiger partial charge in [0.25, 0.3) is 17.7 Å². The summed E-state index contributed by atoms with van der Waals surface area (Å²) >= 11 is 4.58. The molecule has 3 amide bonds. The molecule has 0 fully saturated rings. The van der Waals surface area contributed by atoms with Crippen molar-refractivity contribution in [3.8, 4) is 0 Å². The van der Waals surface area contributed by atoms with E-state index in [4.69, 9.17) is 0 Å². The highest BCUT2D eigenvalue weighted by molar-refractivity contribution is 9.11. The van der Waals surface area contributed by atoms with Crippen molar-refractivity contribution in [2.45, 2.75) is 6.92 Å². The first kappa shape index (κ1) is 18.2. The Morgan fingerprint density at radius 2 is 1.83 bits per heavy atom. The molecule has 0 saturated heterocycles. The smallest absolute Gasteiger partial charge is 0.269 e. The summed E-state index contributed by atoms with van der Waals surface area (Å²) in [6.45, 7) is 1.64. The standard InChI is InChI=1S/C16H16BrN3O3S/c1-10-5-3-4-6-11(10)15(22)19-18-14(21)9-20(2)16(23)12-7-8-13(17)24-12/h3-8H,9H2,1-2H3,(H,18,21)(H,19,22). The second-order valence-corrected chi connectivity index (χ2v) is 7.55. The third kappa shape index (κ3) is 4.65. The number of benzene rings is 1. The van der Waals surface area contributed by atoms with Crippen LogP contribution in [0.2, 0.25) is 0 Å². The van der Waals surface area contributed by atoms with Gasteiger partial charge >= 0.3 is 0 Å². The van der Waals surface area contributed by atoms with E-state index in [0.717, 1.165) is 9.35 Å². The summed E-state index contributed by atoms with van der Waals surface area (Å²) in [5.41, 5.74) is 5.94. The Kier molecular flexibility index (Phi) is 6.10. The summed E-state index contributed by atoms with van der Waals surface area (Å²) in [7, 11) is 1.53. The lowest BCUT2D eigenvalue weighted by atomic mass is 10.1. The van der Waals surface area contributed by atoms with Gasteiger partial charge in [-0.25, -0.2) is 0 Å². The van der Waals surface area contributed by atoms with Crippen LogP contribution in [0.4, 0.5) is 0 Å². The molecule has 0 aliphatic heterocycles. The van der Waals surface area contributed by atoms with Crippen LogP contribution < -0.4 is 10.9 Å². The summed E-state index contributed by atoms with van der Waals surface area (Å²) in [6.07, 6.45) is 0. The van der Waals surface area contributed by atoms with E-state index in [1.807, 2.05) is 19.1 Å². The number of nitrogens with one attached hydrogen (secondary N) is 2. The molecular weight excluding hydrogens is 394 g/mol. The van der Waals surface area contributed by atoms with Gasteiger partial charge in [0, 0.05) is 12.6 Å². The molecule has 2 aromatic rings. The Morgan fingerprint density at radius 3 is 2.46 bits per heavy atom. The summed E-state index contributed by atoms with van der Waals surface area (Å²) in [5.74, 6) is -1.15. The molecule has 1 aromatic heterocycles. The monoisotopic (exact) mass is 409 g/mol. The van der Waals surface area contributed by atoms with Crippen LogP contribution in [0.25, 0.3) is 0 Å². The number of carbonyl (C=O) groups is 3. The van der Waals surface area contributed by atoms with Crippen molar-refractivity contribution in [3.63, 3.8) is 0 Å². The van der Waals surface area contributed by atoms with Gasteiger partial charge < -0.3 is 4.90 Å². The minimum atomic E-state index is -0.483. The molecule has 0 saturated carbocycles. The first-order valence-corrected chi connectivity index (χ1v) is 8.65. The van der Waals surface area contributed by atoms with Crippen molar-refractivity contribution in [1.29, 1.82) is 0 Å². The first-order valence-electron chi connectivity index (χ1n) is 7.04. The van der Waals surface area contributed by atoms with Gasteiger partial charge in [0.1, 0.15) is 6.54 Å². The van der Waals surface area contributed by atoms with Crippen molar-refractivity contribution in [1.82, 2.24) is 15.8 Å². The number of nitrogens with zero attached hydrogens (tertiary/aromatic N) is 1. The summed E-state index contributed by atoms with van der Waals surface area (Å²) in [5, 5.41) is 0. The van der Waals surface area contributed by atoms with Gasteiger partial charge in [-0.2, -0.15) is 0 Å². The fourth-order valence-electron chi connectivity index (χ4n) is 1.97. The second kappa shape index (κ2) is 8.07. The lowest BCUT2D eigenvalue weighted by Crippen LogP contribution is -2.46. The molecule has 1 heterocycles. The molecule has 6 nitrogen and oxygen atoms in total. The van der Waals surface area contributed by atoms with Gasteiger partial charge in [-0.3, -0.25) is 25.2 Å². The zero-order valence-corrected chi connectivity index (χ0v) is 15.5. The fourth-order valence-corrected chi connectivity index (χ4v) is 3.35. The number of carbonyl (C=O) groups excluding carboxylic acids is 3. The van der Waals surface area contributed by atoms with Crippen LogP contribution in [0.1, 0.15) is 25.6 Å². The summed E-state index contributed by atoms with van der Waals surface area (Å²) in [4.78, 5) is 37.9. The maximum atomic E-state index is 12.1. The molecule has 8 heteroatoms. The molecule has 0 unspecified atom stereocenters. The normalized spacial score (nSPS) is 10.1. The second-order valence-electron chi connectivity index (χ2n) is 5.08. The van der Waals surface area contributed by atoms with Crippen LogP contribution in [0.5, 0.6) is 0 Å². The predicted octanol–water partition coefficient (Wildman–Crippen LogP) is 2.35. The Morgan fingerprint density at radius 1 is 1.12 bits per heavy atom. The lowest BCUT2D eigenvalue weighted by Gasteiger charge is -2.16. The zero-order chi connectivity index (χ0) is 17.7. The van der Waals surface area contributed by atoms with E-state index < -0.39 is 11.8 Å². The lowest BCUT2D eigenvalue weighted by molar-refractivity contribution is -0.122. The van der Waals surface area contributed by atoms with Crippen LogP contribution in [-0.4, -0.2) is 36.2 Å². The maximum Gasteiger partial charge on any atom is 0.269 e. The molecule has 2 N–H and O–H groups in total. The van der Waals surface area contributed by atoms with Gasteiger partial charge in [0.15, 0.2) is 0 Å². The van der Waals surface area contributed by atoms with Crippen molar-refractivity contribution < 1.29 is 14.4 Å². The molecule has 0 aliphatic carbocycles. The minimum absolute atomic E-state index is 0.164. The number of thiophene rings is 1. The molecule has 0 aliphatic rings. The molecule has 126 valence electrons. The van der Waals surface area contributed by atoms with Crippen molar-refractivity contribution in [2.24, 2.45) is 0 Å². The molecule has 0 spiro atoms. The van der Waals surface area contributed by atoms with E-state index in [-0.39, 0.29) is 12.5 Å². The average Bonchev–Trinajstić information content (AvgIpc) is 2.98. The van der Waals surface area contributed by atoms with E-state index in [1.54, 1.807) is 24.3 Å². The van der Waals surface area contributed by atoms with Crippen LogP contribution in [0.15, 0.2) is 40.2 Å². The third-order valence-electron chi connectivity index (χ3n) is 3.22. The van der Waals surface area contributed by atoms with Gasteiger partial charge in [0.05, 0.1) is 8.66 Å². The molecule has 0 radical (unpaired) electrons. The topological polar surface area (TPSA) is 78.5 Å². The molecule has 0 atom stereocenters. The largest absolute Gasteiger partial charge is 0.332 e. The average molecular weight is 410 g/mol. The van der Waals surface area contributed by atoms with E-state index in [9.17, 15) is 14.4 Å². The Bertz CT molecular complexity index is 775. The number of likely N-dealkylation sites (N-methyl/N-ethyl adjacent to an activating group) is 1. The number of hydrogen-bond donors (Lipinski definition) is 2. The molecular formula is C16H16BrN3O3S. The Labute approximate surface area is 152 Å². The van der Waals surface area contributed by atoms with Crippen LogP contribution in [0, 0.1) is 6.92 Å². The first-order chi connectivity index (χ1) is 11.4. The van der Waals surface area contributed by atoms with Gasteiger partial charge in [0.2, 0.25) is 0 Å². The van der Waals surface area contributed by atoms with E-state index >= 15 is 0 Å². The quantitative estimate of drug-likeness (QED) is 0.760. The van der Waals surface area contributed by atoms with Crippen molar-refractivity contribution in [3.05, 3.63) is 56.2 Å². The number of hydrazine groups is 1. The molecule has 0 bridgehead atoms. The number of aryl methyl sites for hydroxylation is 1. The minimum Gasteiger partial charge on any atom is -0.332 e. The Hall–Kier alpha value is -2.19. The van der Waals surface area contributed by atoms with Crippen LogP contribution in [-0.2, 0) is 4.79 Å². The van der Waals surface area contributed by atoms with E-state index in [2.05, 4.69) is 26.8 Å². The molecule has 1 aromatic carbocycles. The highest BCUT2D eigenvalue weighted by Gasteiger charge is 2.17. The van der Waals surface area contributed by atoms with Crippen LogP contribution in [0.3, 0.4) is 0 Å². The summed E-state index contributed by atoms with van der Waals surface area (Å²) < 4.78 is 0.842. The predicted molar refractivity (Wildman–Crippen MR) is 95.8 cm³/mol. The maximum absolute atomic E-state index is 12.1. The van der Waals surface area contributed by atoms with E-state index in [0.29, 0.717) is 10.4 Å². The fraction of sp³-hybridized carbons (Fsp3) is 0.188. The number of hydrogen-bond acceptors (Lipinski definition) is 4. The summed E-state index contributed by atoms with van der Waals surface area (Å²) in [6, 6.07) is 10.5. The van der Waals surface area contributed by atoms with Gasteiger partial charge in [-0.15, -0.1) is 11.3 Å². The van der Waals surface area contributed by atoms with Crippen LogP contribution >= 0.6 is 27.3 Å². The van der Waals surface area contributed by atoms with Crippen molar-refractivity contribution >= 4 is 45.0 Å².